The molecule has 1 heterocycles. The maximum Gasteiger partial charge on any atom is 0.407 e. The molecule has 1 aromatic carbocycles. The Bertz CT molecular complexity index is 623. The number of aliphatic hydroxyl groups is 1. The number of nitrogens with zero attached hydrogens (tertiary/aromatic N) is 1. The number of halogens is 2. The van der Waals surface area contributed by atoms with E-state index in [2.05, 4.69) is 4.74 Å². The van der Waals surface area contributed by atoms with Gasteiger partial charge in [-0.3, -0.25) is 0 Å². The van der Waals surface area contributed by atoms with E-state index in [0.717, 1.165) is 18.4 Å². The van der Waals surface area contributed by atoms with E-state index in [1.807, 2.05) is 0 Å². The molecular formula is C17H21F2NO5. The molecule has 0 spiro atoms. The zero-order valence-corrected chi connectivity index (χ0v) is 13.6. The standard InChI is InChI=1S/C17H21F2NO5/c18-16(19)25-14-4-3-11(6-15(14)24-9-10-1-2-10)12-5-13(8-21)20(7-12)17(22)23/h3-4,6,10,12-13,16,21H,1-2,5,7-9H2,(H,22,23)/t12-,13-/m1/s1. The van der Waals surface area contributed by atoms with Crippen LogP contribution in [-0.2, 0) is 0 Å². The Hall–Kier alpha value is -2.09. The summed E-state index contributed by atoms with van der Waals surface area (Å²) in [7, 11) is 0. The highest BCUT2D eigenvalue weighted by molar-refractivity contribution is 5.66. The van der Waals surface area contributed by atoms with Gasteiger partial charge in [0.1, 0.15) is 0 Å². The van der Waals surface area contributed by atoms with Crippen LogP contribution in [0.2, 0.25) is 0 Å². The minimum atomic E-state index is -2.94. The lowest BCUT2D eigenvalue weighted by Gasteiger charge is -2.18. The molecule has 2 N–H and O–H groups in total. The molecule has 0 aromatic heterocycles. The van der Waals surface area contributed by atoms with Crippen LogP contribution in [0.3, 0.4) is 0 Å². The molecule has 1 aromatic rings. The van der Waals surface area contributed by atoms with Crippen molar-refractivity contribution in [3.8, 4) is 11.5 Å². The Kier molecular flexibility index (Phi) is 5.27. The topological polar surface area (TPSA) is 79.2 Å². The van der Waals surface area contributed by atoms with Gasteiger partial charge in [0, 0.05) is 12.5 Å². The smallest absolute Gasteiger partial charge is 0.407 e. The van der Waals surface area contributed by atoms with E-state index in [-0.39, 0.29) is 30.6 Å². The van der Waals surface area contributed by atoms with Crippen LogP contribution in [0.1, 0.15) is 30.7 Å². The Balaban J connectivity index is 1.78. The summed E-state index contributed by atoms with van der Waals surface area (Å²) in [4.78, 5) is 12.5. The Morgan fingerprint density at radius 3 is 2.64 bits per heavy atom. The zero-order chi connectivity index (χ0) is 18.0. The van der Waals surface area contributed by atoms with Crippen molar-refractivity contribution in [2.75, 3.05) is 19.8 Å². The molecule has 1 aliphatic carbocycles. The summed E-state index contributed by atoms with van der Waals surface area (Å²) in [6.07, 6.45) is 1.53. The highest BCUT2D eigenvalue weighted by Gasteiger charge is 2.36. The summed E-state index contributed by atoms with van der Waals surface area (Å²) >= 11 is 0. The van der Waals surface area contributed by atoms with E-state index >= 15 is 0 Å². The number of aliphatic hydroxyl groups excluding tert-OH is 1. The lowest BCUT2D eigenvalue weighted by molar-refractivity contribution is -0.0515. The van der Waals surface area contributed by atoms with Gasteiger partial charge in [-0.05, 0) is 42.9 Å². The molecular weight excluding hydrogens is 336 g/mol. The minimum Gasteiger partial charge on any atom is -0.489 e. The van der Waals surface area contributed by atoms with Gasteiger partial charge in [-0.2, -0.15) is 8.78 Å². The largest absolute Gasteiger partial charge is 0.489 e. The van der Waals surface area contributed by atoms with Gasteiger partial charge in [-0.1, -0.05) is 6.07 Å². The van der Waals surface area contributed by atoms with Gasteiger partial charge in [0.05, 0.1) is 19.3 Å². The minimum absolute atomic E-state index is 0.0220. The molecule has 1 aliphatic heterocycles. The second-order valence-corrected chi connectivity index (χ2v) is 6.54. The fourth-order valence-electron chi connectivity index (χ4n) is 3.14. The van der Waals surface area contributed by atoms with Crippen molar-refractivity contribution >= 4 is 6.09 Å². The van der Waals surface area contributed by atoms with Crippen LogP contribution in [-0.4, -0.2) is 53.6 Å². The third-order valence-corrected chi connectivity index (χ3v) is 4.70. The van der Waals surface area contributed by atoms with Crippen molar-refractivity contribution in [1.29, 1.82) is 0 Å². The number of ether oxygens (including phenoxy) is 2. The van der Waals surface area contributed by atoms with Gasteiger partial charge >= 0.3 is 12.7 Å². The molecule has 1 saturated heterocycles. The van der Waals surface area contributed by atoms with E-state index in [0.29, 0.717) is 18.9 Å². The van der Waals surface area contributed by atoms with Crippen LogP contribution in [0.25, 0.3) is 0 Å². The van der Waals surface area contributed by atoms with E-state index in [1.165, 1.54) is 11.0 Å². The third-order valence-electron chi connectivity index (χ3n) is 4.70. The predicted molar refractivity (Wildman–Crippen MR) is 84.3 cm³/mol. The lowest BCUT2D eigenvalue weighted by atomic mass is 9.96. The number of rotatable bonds is 7. The van der Waals surface area contributed by atoms with E-state index in [1.54, 1.807) is 12.1 Å². The van der Waals surface area contributed by atoms with Gasteiger partial charge in [0.25, 0.3) is 0 Å². The molecule has 2 fully saturated rings. The monoisotopic (exact) mass is 357 g/mol. The number of hydrogen-bond donors (Lipinski definition) is 2. The molecule has 2 aliphatic rings. The number of carboxylic acid groups (broad SMARTS) is 1. The van der Waals surface area contributed by atoms with E-state index < -0.39 is 18.7 Å². The number of benzene rings is 1. The van der Waals surface area contributed by atoms with Gasteiger partial charge in [0.15, 0.2) is 11.5 Å². The molecule has 1 amide bonds. The fourth-order valence-corrected chi connectivity index (χ4v) is 3.14. The molecule has 8 heteroatoms. The maximum atomic E-state index is 12.6. The molecule has 1 saturated carbocycles. The molecule has 0 radical (unpaired) electrons. The second kappa shape index (κ2) is 7.43. The summed E-state index contributed by atoms with van der Waals surface area (Å²) in [5.74, 6) is 0.554. The van der Waals surface area contributed by atoms with Crippen molar-refractivity contribution < 1.29 is 33.3 Å². The summed E-state index contributed by atoms with van der Waals surface area (Å²) in [5.41, 5.74) is 0.787. The van der Waals surface area contributed by atoms with Crippen LogP contribution in [0, 0.1) is 5.92 Å². The van der Waals surface area contributed by atoms with Gasteiger partial charge in [-0.25, -0.2) is 4.79 Å². The van der Waals surface area contributed by atoms with Crippen LogP contribution < -0.4 is 9.47 Å². The van der Waals surface area contributed by atoms with Crippen LogP contribution in [0.4, 0.5) is 13.6 Å². The van der Waals surface area contributed by atoms with Gasteiger partial charge in [0.2, 0.25) is 0 Å². The van der Waals surface area contributed by atoms with E-state index in [9.17, 15) is 23.8 Å². The van der Waals surface area contributed by atoms with Crippen LogP contribution >= 0.6 is 0 Å². The predicted octanol–water partition coefficient (Wildman–Crippen LogP) is 2.91. The van der Waals surface area contributed by atoms with Crippen molar-refractivity contribution in [2.45, 2.75) is 37.8 Å². The van der Waals surface area contributed by atoms with Gasteiger partial charge in [-0.15, -0.1) is 0 Å². The SMILES string of the molecule is O=C(O)N1C[C@H](c2ccc(OC(F)F)c(OCC3CC3)c2)C[C@@H]1CO. The lowest BCUT2D eigenvalue weighted by Crippen LogP contribution is -2.36. The Morgan fingerprint density at radius 1 is 1.32 bits per heavy atom. The number of amides is 1. The first-order valence-electron chi connectivity index (χ1n) is 8.30. The maximum absolute atomic E-state index is 12.6. The summed E-state index contributed by atoms with van der Waals surface area (Å²) in [6.45, 7) is -2.49. The fraction of sp³-hybridized carbons (Fsp3) is 0.588. The highest BCUT2D eigenvalue weighted by Crippen LogP contribution is 2.38. The highest BCUT2D eigenvalue weighted by atomic mass is 19.3. The molecule has 6 nitrogen and oxygen atoms in total. The average Bonchev–Trinajstić information content (AvgIpc) is 3.29. The third kappa shape index (κ3) is 4.31. The molecule has 0 bridgehead atoms. The number of hydrogen-bond acceptors (Lipinski definition) is 4. The quantitative estimate of drug-likeness (QED) is 0.784. The number of likely N-dealkylation sites (tertiary alicyclic amines) is 1. The Morgan fingerprint density at radius 2 is 2.08 bits per heavy atom. The molecule has 2 atom stereocenters. The molecule has 3 rings (SSSR count). The van der Waals surface area contributed by atoms with Crippen LogP contribution in [0.5, 0.6) is 11.5 Å². The number of alkyl halides is 2. The van der Waals surface area contributed by atoms with Crippen molar-refractivity contribution in [3.05, 3.63) is 23.8 Å². The summed E-state index contributed by atoms with van der Waals surface area (Å²) < 4.78 is 35.3. The first kappa shape index (κ1) is 17.7. The average molecular weight is 357 g/mol. The molecule has 138 valence electrons. The van der Waals surface area contributed by atoms with Gasteiger partial charge < -0.3 is 24.6 Å². The van der Waals surface area contributed by atoms with Crippen molar-refractivity contribution in [2.24, 2.45) is 5.92 Å². The molecule has 0 unspecified atom stereocenters. The van der Waals surface area contributed by atoms with Crippen LogP contribution in [0.15, 0.2) is 18.2 Å². The van der Waals surface area contributed by atoms with Crippen molar-refractivity contribution in [1.82, 2.24) is 4.90 Å². The summed E-state index contributed by atoms with van der Waals surface area (Å²) in [5, 5.41) is 18.6. The normalized spacial score (nSPS) is 23.1. The zero-order valence-electron chi connectivity index (χ0n) is 13.6. The number of carbonyl (C=O) groups is 1. The first-order chi connectivity index (χ1) is 12.0. The summed E-state index contributed by atoms with van der Waals surface area (Å²) in [6, 6.07) is 4.26. The molecule has 25 heavy (non-hydrogen) atoms. The second-order valence-electron chi connectivity index (χ2n) is 6.54. The van der Waals surface area contributed by atoms with Crippen molar-refractivity contribution in [3.63, 3.8) is 0 Å². The Labute approximate surface area is 144 Å². The first-order valence-corrected chi connectivity index (χ1v) is 8.30. The van der Waals surface area contributed by atoms with E-state index in [4.69, 9.17) is 4.74 Å².